The topological polar surface area (TPSA) is 58.2 Å². The van der Waals surface area contributed by atoms with E-state index in [1.165, 1.54) is 25.7 Å². The average molecular weight is 276 g/mol. The maximum atomic E-state index is 11.6. The SMILES string of the molecule is CCCCCCCCNC(=O)C(=O)Nc1ccccc1. The highest BCUT2D eigenvalue weighted by atomic mass is 16.2. The lowest BCUT2D eigenvalue weighted by atomic mass is 10.1. The van der Waals surface area contributed by atoms with Crippen LogP contribution in [0.4, 0.5) is 5.69 Å². The van der Waals surface area contributed by atoms with Gasteiger partial charge >= 0.3 is 11.8 Å². The van der Waals surface area contributed by atoms with Crippen LogP contribution >= 0.6 is 0 Å². The second-order valence-corrected chi connectivity index (χ2v) is 4.84. The van der Waals surface area contributed by atoms with Crippen molar-refractivity contribution in [3.63, 3.8) is 0 Å². The fourth-order valence-corrected chi connectivity index (χ4v) is 1.90. The molecule has 0 aliphatic rings. The van der Waals surface area contributed by atoms with E-state index in [9.17, 15) is 9.59 Å². The Morgan fingerprint density at radius 1 is 0.900 bits per heavy atom. The Morgan fingerprint density at radius 2 is 1.55 bits per heavy atom. The van der Waals surface area contributed by atoms with E-state index in [1.807, 2.05) is 18.2 Å². The summed E-state index contributed by atoms with van der Waals surface area (Å²) in [4.78, 5) is 23.2. The molecule has 0 fully saturated rings. The number of benzene rings is 1. The molecule has 0 spiro atoms. The summed E-state index contributed by atoms with van der Waals surface area (Å²) in [5.41, 5.74) is 0.632. The van der Waals surface area contributed by atoms with Crippen molar-refractivity contribution in [3.05, 3.63) is 30.3 Å². The van der Waals surface area contributed by atoms with Gasteiger partial charge in [0.1, 0.15) is 0 Å². The van der Waals surface area contributed by atoms with Crippen molar-refractivity contribution in [2.24, 2.45) is 0 Å². The summed E-state index contributed by atoms with van der Waals surface area (Å²) < 4.78 is 0. The molecule has 0 saturated heterocycles. The molecule has 20 heavy (non-hydrogen) atoms. The van der Waals surface area contributed by atoms with Gasteiger partial charge in [0.15, 0.2) is 0 Å². The lowest BCUT2D eigenvalue weighted by molar-refractivity contribution is -0.136. The van der Waals surface area contributed by atoms with Crippen LogP contribution in [0.25, 0.3) is 0 Å². The number of hydrogen-bond acceptors (Lipinski definition) is 2. The summed E-state index contributed by atoms with van der Waals surface area (Å²) in [5, 5.41) is 5.20. The summed E-state index contributed by atoms with van der Waals surface area (Å²) in [6, 6.07) is 8.97. The Hall–Kier alpha value is -1.84. The Kier molecular flexibility index (Phi) is 8.11. The van der Waals surface area contributed by atoms with E-state index in [1.54, 1.807) is 12.1 Å². The van der Waals surface area contributed by atoms with E-state index in [-0.39, 0.29) is 0 Å². The number of unbranched alkanes of at least 4 members (excludes halogenated alkanes) is 5. The molecular weight excluding hydrogens is 252 g/mol. The fraction of sp³-hybridized carbons (Fsp3) is 0.500. The number of hydrogen-bond donors (Lipinski definition) is 2. The zero-order valence-electron chi connectivity index (χ0n) is 12.2. The molecule has 2 N–H and O–H groups in total. The molecule has 110 valence electrons. The molecule has 0 atom stereocenters. The number of anilines is 1. The first-order valence-corrected chi connectivity index (χ1v) is 7.38. The minimum absolute atomic E-state index is 0.563. The summed E-state index contributed by atoms with van der Waals surface area (Å²) >= 11 is 0. The molecule has 0 saturated carbocycles. The molecule has 4 heteroatoms. The van der Waals surface area contributed by atoms with Crippen LogP contribution in [0.1, 0.15) is 45.4 Å². The van der Waals surface area contributed by atoms with Crippen LogP contribution in [-0.2, 0) is 9.59 Å². The molecule has 0 unspecified atom stereocenters. The van der Waals surface area contributed by atoms with E-state index >= 15 is 0 Å². The normalized spacial score (nSPS) is 10.1. The molecule has 0 heterocycles. The van der Waals surface area contributed by atoms with Gasteiger partial charge in [0.25, 0.3) is 0 Å². The first kappa shape index (κ1) is 16.2. The minimum Gasteiger partial charge on any atom is -0.348 e. The first-order valence-electron chi connectivity index (χ1n) is 7.38. The summed E-state index contributed by atoms with van der Waals surface area (Å²) in [6.45, 7) is 2.75. The second-order valence-electron chi connectivity index (χ2n) is 4.84. The number of para-hydroxylation sites is 1. The van der Waals surface area contributed by atoms with Crippen LogP contribution in [0.15, 0.2) is 30.3 Å². The summed E-state index contributed by atoms with van der Waals surface area (Å²) in [7, 11) is 0. The highest BCUT2D eigenvalue weighted by molar-refractivity contribution is 6.39. The van der Waals surface area contributed by atoms with Gasteiger partial charge < -0.3 is 10.6 Å². The molecule has 1 aromatic carbocycles. The molecule has 0 aromatic heterocycles. The number of carbonyl (C=O) groups excluding carboxylic acids is 2. The van der Waals surface area contributed by atoms with Gasteiger partial charge in [-0.2, -0.15) is 0 Å². The van der Waals surface area contributed by atoms with Gasteiger partial charge in [0, 0.05) is 12.2 Å². The van der Waals surface area contributed by atoms with Crippen molar-refractivity contribution < 1.29 is 9.59 Å². The summed E-state index contributed by atoms with van der Waals surface area (Å²) in [6.07, 6.45) is 6.97. The van der Waals surface area contributed by atoms with Crippen LogP contribution in [0.3, 0.4) is 0 Å². The monoisotopic (exact) mass is 276 g/mol. The molecule has 2 amide bonds. The predicted molar refractivity (Wildman–Crippen MR) is 81.5 cm³/mol. The molecule has 0 radical (unpaired) electrons. The molecule has 0 aliphatic carbocycles. The zero-order valence-corrected chi connectivity index (χ0v) is 12.2. The van der Waals surface area contributed by atoms with E-state index in [2.05, 4.69) is 17.6 Å². The molecular formula is C16H24N2O2. The Bertz CT molecular complexity index is 404. The summed E-state index contributed by atoms with van der Waals surface area (Å²) in [5.74, 6) is -1.18. The van der Waals surface area contributed by atoms with Gasteiger partial charge in [0.05, 0.1) is 0 Å². The van der Waals surface area contributed by atoms with Crippen molar-refractivity contribution in [2.45, 2.75) is 45.4 Å². The molecule has 1 aromatic rings. The van der Waals surface area contributed by atoms with E-state index in [0.717, 1.165) is 12.8 Å². The molecule has 4 nitrogen and oxygen atoms in total. The van der Waals surface area contributed by atoms with Gasteiger partial charge in [0.2, 0.25) is 0 Å². The average Bonchev–Trinajstić information content (AvgIpc) is 2.47. The largest absolute Gasteiger partial charge is 0.348 e. The van der Waals surface area contributed by atoms with Crippen LogP contribution in [0.5, 0.6) is 0 Å². The van der Waals surface area contributed by atoms with Gasteiger partial charge in [-0.1, -0.05) is 57.2 Å². The third-order valence-corrected chi connectivity index (χ3v) is 3.05. The third kappa shape index (κ3) is 6.92. The van der Waals surface area contributed by atoms with Gasteiger partial charge in [-0.15, -0.1) is 0 Å². The molecule has 1 rings (SSSR count). The maximum absolute atomic E-state index is 11.6. The van der Waals surface area contributed by atoms with Crippen molar-refractivity contribution in [1.82, 2.24) is 5.32 Å². The Balaban J connectivity index is 2.11. The highest BCUT2D eigenvalue weighted by Gasteiger charge is 2.12. The Morgan fingerprint density at radius 3 is 2.25 bits per heavy atom. The quantitative estimate of drug-likeness (QED) is 0.566. The molecule has 0 bridgehead atoms. The third-order valence-electron chi connectivity index (χ3n) is 3.05. The lowest BCUT2D eigenvalue weighted by Crippen LogP contribution is -2.35. The second kappa shape index (κ2) is 10.0. The Labute approximate surface area is 121 Å². The standard InChI is InChI=1S/C16H24N2O2/c1-2-3-4-5-6-10-13-17-15(19)16(20)18-14-11-8-7-9-12-14/h7-9,11-12H,2-6,10,13H2,1H3,(H,17,19)(H,18,20). The van der Waals surface area contributed by atoms with Crippen molar-refractivity contribution >= 4 is 17.5 Å². The van der Waals surface area contributed by atoms with Crippen LogP contribution in [0, 0.1) is 0 Å². The first-order chi connectivity index (χ1) is 9.74. The van der Waals surface area contributed by atoms with Crippen LogP contribution in [0.2, 0.25) is 0 Å². The lowest BCUT2D eigenvalue weighted by Gasteiger charge is -2.06. The number of carbonyl (C=O) groups is 2. The van der Waals surface area contributed by atoms with E-state index in [4.69, 9.17) is 0 Å². The van der Waals surface area contributed by atoms with E-state index < -0.39 is 11.8 Å². The van der Waals surface area contributed by atoms with Gasteiger partial charge in [-0.3, -0.25) is 9.59 Å². The predicted octanol–water partition coefficient (Wildman–Crippen LogP) is 3.10. The maximum Gasteiger partial charge on any atom is 0.313 e. The number of amides is 2. The van der Waals surface area contributed by atoms with Gasteiger partial charge in [-0.25, -0.2) is 0 Å². The van der Waals surface area contributed by atoms with Crippen molar-refractivity contribution in [2.75, 3.05) is 11.9 Å². The molecule has 0 aliphatic heterocycles. The van der Waals surface area contributed by atoms with Crippen molar-refractivity contribution in [3.8, 4) is 0 Å². The van der Waals surface area contributed by atoms with Crippen LogP contribution in [-0.4, -0.2) is 18.4 Å². The fourth-order valence-electron chi connectivity index (χ4n) is 1.90. The highest BCUT2D eigenvalue weighted by Crippen LogP contribution is 2.05. The number of rotatable bonds is 8. The van der Waals surface area contributed by atoms with E-state index in [0.29, 0.717) is 12.2 Å². The van der Waals surface area contributed by atoms with Crippen LogP contribution < -0.4 is 10.6 Å². The number of nitrogens with one attached hydrogen (secondary N) is 2. The smallest absolute Gasteiger partial charge is 0.313 e. The van der Waals surface area contributed by atoms with Crippen molar-refractivity contribution in [1.29, 1.82) is 0 Å². The minimum atomic E-state index is -0.609. The van der Waals surface area contributed by atoms with Gasteiger partial charge in [-0.05, 0) is 18.6 Å². The zero-order chi connectivity index (χ0) is 14.6.